The molecule has 0 amide bonds. The smallest absolute Gasteiger partial charge is 0.00797 e. The average Bonchev–Trinajstić information content (AvgIpc) is 2.43. The Morgan fingerprint density at radius 3 is 1.47 bits per heavy atom. The van der Waals surface area contributed by atoms with Crippen LogP contribution in [0.25, 0.3) is 0 Å². The zero-order valence-corrected chi connectivity index (χ0v) is 15.1. The summed E-state index contributed by atoms with van der Waals surface area (Å²) in [5, 5.41) is 0. The summed E-state index contributed by atoms with van der Waals surface area (Å²) in [6.07, 6.45) is 19.6. The predicted molar refractivity (Wildman–Crippen MR) is 99.1 cm³/mol. The van der Waals surface area contributed by atoms with Crippen molar-refractivity contribution in [1.29, 1.82) is 0 Å². The highest BCUT2D eigenvalue weighted by Crippen LogP contribution is 2.35. The summed E-state index contributed by atoms with van der Waals surface area (Å²) in [6.45, 7) is 4.49. The fourth-order valence-electron chi connectivity index (χ4n) is 1.45. The van der Waals surface area contributed by atoms with E-state index in [9.17, 15) is 0 Å². The van der Waals surface area contributed by atoms with Gasteiger partial charge >= 0.3 is 0 Å². The largest absolute Gasteiger partial charge is 0.0885 e. The maximum atomic E-state index is 2.34. The molecule has 0 aliphatic rings. The van der Waals surface area contributed by atoms with Crippen molar-refractivity contribution in [2.45, 2.75) is 65.2 Å². The van der Waals surface area contributed by atoms with Crippen molar-refractivity contribution in [2.75, 3.05) is 11.5 Å². The summed E-state index contributed by atoms with van der Waals surface area (Å²) in [5.41, 5.74) is 0. The second-order valence-electron chi connectivity index (χ2n) is 4.52. The van der Waals surface area contributed by atoms with Crippen LogP contribution >= 0.6 is 31.4 Å². The molecule has 0 aromatic carbocycles. The molecule has 19 heavy (non-hydrogen) atoms. The van der Waals surface area contributed by atoms with Gasteiger partial charge in [-0.05, 0) is 35.5 Å². The van der Waals surface area contributed by atoms with Crippen LogP contribution in [0.5, 0.6) is 0 Å². The molecular weight excluding hydrogens is 288 g/mol. The molecule has 0 radical (unpaired) electrons. The summed E-state index contributed by atoms with van der Waals surface area (Å²) in [4.78, 5) is 0. The molecule has 0 saturated carbocycles. The first-order valence-corrected chi connectivity index (χ1v) is 11.4. The minimum atomic E-state index is 1.22. The van der Waals surface area contributed by atoms with E-state index in [1.807, 2.05) is 31.4 Å². The SMILES string of the molecule is CCCC/C=C/CCSSSCC/C=C/CCCC. The second kappa shape index (κ2) is 18.5. The number of hydrogen-bond acceptors (Lipinski definition) is 3. The second-order valence-corrected chi connectivity index (χ2v) is 8.99. The molecule has 112 valence electrons. The van der Waals surface area contributed by atoms with Gasteiger partial charge in [-0.15, -0.1) is 0 Å². The van der Waals surface area contributed by atoms with Gasteiger partial charge in [-0.3, -0.25) is 0 Å². The molecule has 0 N–H and O–H groups in total. The van der Waals surface area contributed by atoms with E-state index >= 15 is 0 Å². The molecule has 0 aromatic heterocycles. The maximum absolute atomic E-state index is 2.34. The van der Waals surface area contributed by atoms with Gasteiger partial charge in [0.05, 0.1) is 0 Å². The first kappa shape index (κ1) is 19.5. The molecule has 0 nitrogen and oxygen atoms in total. The first-order valence-electron chi connectivity index (χ1n) is 7.62. The summed E-state index contributed by atoms with van der Waals surface area (Å²) < 4.78 is 0. The van der Waals surface area contributed by atoms with Crippen LogP contribution in [0, 0.1) is 0 Å². The van der Waals surface area contributed by atoms with E-state index in [0.29, 0.717) is 0 Å². The Morgan fingerprint density at radius 1 is 0.632 bits per heavy atom. The zero-order valence-electron chi connectivity index (χ0n) is 12.6. The number of hydrogen-bond donors (Lipinski definition) is 0. The highest BCUT2D eigenvalue weighted by atomic mass is 33.5. The van der Waals surface area contributed by atoms with E-state index in [4.69, 9.17) is 0 Å². The molecule has 0 rings (SSSR count). The van der Waals surface area contributed by atoms with Crippen molar-refractivity contribution in [1.82, 2.24) is 0 Å². The van der Waals surface area contributed by atoms with Gasteiger partial charge in [0.15, 0.2) is 0 Å². The third-order valence-electron chi connectivity index (χ3n) is 2.61. The highest BCUT2D eigenvalue weighted by molar-refractivity contribution is 9.09. The Labute approximate surface area is 132 Å². The maximum Gasteiger partial charge on any atom is 0.00797 e. The van der Waals surface area contributed by atoms with E-state index in [1.165, 1.54) is 62.9 Å². The Bertz CT molecular complexity index is 190. The molecule has 0 aliphatic heterocycles. The standard InChI is InChI=1S/C16H30S3/c1-3-5-7-9-11-13-15-17-19-18-16-14-12-10-8-6-4-2/h9-12H,3-8,13-16H2,1-2H3/b11-9+,12-10+. The van der Waals surface area contributed by atoms with Crippen molar-refractivity contribution >= 4 is 31.4 Å². The van der Waals surface area contributed by atoms with Crippen LogP contribution in [-0.4, -0.2) is 11.5 Å². The van der Waals surface area contributed by atoms with Crippen molar-refractivity contribution in [3.8, 4) is 0 Å². The fraction of sp³-hybridized carbons (Fsp3) is 0.750. The normalized spacial score (nSPS) is 11.9. The topological polar surface area (TPSA) is 0 Å². The van der Waals surface area contributed by atoms with Gasteiger partial charge in [0.1, 0.15) is 0 Å². The number of rotatable bonds is 14. The van der Waals surface area contributed by atoms with Gasteiger partial charge < -0.3 is 0 Å². The number of unbranched alkanes of at least 4 members (excludes halogenated alkanes) is 4. The van der Waals surface area contributed by atoms with Crippen molar-refractivity contribution in [3.05, 3.63) is 24.3 Å². The van der Waals surface area contributed by atoms with E-state index in [2.05, 4.69) is 38.2 Å². The lowest BCUT2D eigenvalue weighted by atomic mass is 10.2. The summed E-state index contributed by atoms with van der Waals surface area (Å²) >= 11 is 0. The van der Waals surface area contributed by atoms with Crippen LogP contribution in [-0.2, 0) is 0 Å². The van der Waals surface area contributed by atoms with E-state index in [1.54, 1.807) is 0 Å². The molecule has 0 aliphatic carbocycles. The number of allylic oxidation sites excluding steroid dienone is 4. The molecule has 0 unspecified atom stereocenters. The average molecular weight is 319 g/mol. The van der Waals surface area contributed by atoms with Crippen molar-refractivity contribution in [2.24, 2.45) is 0 Å². The third kappa shape index (κ3) is 18.5. The van der Waals surface area contributed by atoms with E-state index in [0.717, 1.165) is 0 Å². The van der Waals surface area contributed by atoms with Gasteiger partial charge in [-0.25, -0.2) is 0 Å². The van der Waals surface area contributed by atoms with E-state index < -0.39 is 0 Å². The van der Waals surface area contributed by atoms with Crippen LogP contribution in [0.4, 0.5) is 0 Å². The fourth-order valence-corrected chi connectivity index (χ4v) is 5.15. The quantitative estimate of drug-likeness (QED) is 0.187. The van der Waals surface area contributed by atoms with Gasteiger partial charge in [0, 0.05) is 11.5 Å². The van der Waals surface area contributed by atoms with Crippen LogP contribution in [0.3, 0.4) is 0 Å². The lowest BCUT2D eigenvalue weighted by Crippen LogP contribution is -1.74. The minimum Gasteiger partial charge on any atom is -0.0885 e. The Kier molecular flexibility index (Phi) is 19.0. The van der Waals surface area contributed by atoms with Gasteiger partial charge in [-0.1, -0.05) is 85.4 Å². The van der Waals surface area contributed by atoms with Crippen molar-refractivity contribution in [3.63, 3.8) is 0 Å². The first-order chi connectivity index (χ1) is 9.41. The Hall–Kier alpha value is 0.530. The lowest BCUT2D eigenvalue weighted by molar-refractivity contribution is 0.813. The third-order valence-corrected chi connectivity index (χ3v) is 6.92. The minimum absolute atomic E-state index is 1.22. The zero-order chi connectivity index (χ0) is 14.0. The molecule has 0 atom stereocenters. The Balaban J connectivity index is 3.06. The molecule has 0 spiro atoms. The molecule has 0 aromatic rings. The van der Waals surface area contributed by atoms with Crippen LogP contribution in [0.2, 0.25) is 0 Å². The van der Waals surface area contributed by atoms with Gasteiger partial charge in [0.25, 0.3) is 0 Å². The predicted octanol–water partition coefficient (Wildman–Crippen LogP) is 7.29. The van der Waals surface area contributed by atoms with Crippen molar-refractivity contribution < 1.29 is 0 Å². The molecule has 0 saturated heterocycles. The molecule has 0 bridgehead atoms. The summed E-state index contributed by atoms with van der Waals surface area (Å²) in [5.74, 6) is 2.49. The van der Waals surface area contributed by atoms with Crippen LogP contribution in [0.1, 0.15) is 65.2 Å². The summed E-state index contributed by atoms with van der Waals surface area (Å²) in [6, 6.07) is 0. The van der Waals surface area contributed by atoms with Crippen LogP contribution < -0.4 is 0 Å². The van der Waals surface area contributed by atoms with Gasteiger partial charge in [-0.2, -0.15) is 0 Å². The molecule has 3 heteroatoms. The van der Waals surface area contributed by atoms with Gasteiger partial charge in [0.2, 0.25) is 0 Å². The summed E-state index contributed by atoms with van der Waals surface area (Å²) in [7, 11) is 5.94. The molecule has 0 heterocycles. The molecule has 0 fully saturated rings. The monoisotopic (exact) mass is 318 g/mol. The molecular formula is C16H30S3. The van der Waals surface area contributed by atoms with Crippen LogP contribution in [0.15, 0.2) is 24.3 Å². The van der Waals surface area contributed by atoms with E-state index in [-0.39, 0.29) is 0 Å². The highest BCUT2D eigenvalue weighted by Gasteiger charge is 1.90. The Morgan fingerprint density at radius 2 is 1.05 bits per heavy atom. The lowest BCUT2D eigenvalue weighted by Gasteiger charge is -1.97.